The van der Waals surface area contributed by atoms with Crippen LogP contribution in [0.5, 0.6) is 0 Å². The normalized spacial score (nSPS) is 31.7. The number of carbonyl (C=O) groups is 1. The van der Waals surface area contributed by atoms with Crippen molar-refractivity contribution in [1.82, 2.24) is 5.32 Å². The first kappa shape index (κ1) is 13.0. The summed E-state index contributed by atoms with van der Waals surface area (Å²) >= 11 is 3.39. The van der Waals surface area contributed by atoms with Crippen LogP contribution in [0.3, 0.4) is 0 Å². The molecular weight excluding hydrogens is 254 g/mol. The molecule has 1 fully saturated rings. The lowest BCUT2D eigenvalue weighted by molar-refractivity contribution is -0.123. The molecule has 1 saturated carbocycles. The van der Waals surface area contributed by atoms with Crippen LogP contribution in [0.15, 0.2) is 0 Å². The molecule has 15 heavy (non-hydrogen) atoms. The average molecular weight is 276 g/mol. The first-order chi connectivity index (χ1) is 6.86. The van der Waals surface area contributed by atoms with Crippen molar-refractivity contribution in [2.75, 3.05) is 0 Å². The molecule has 3 heteroatoms. The van der Waals surface area contributed by atoms with Gasteiger partial charge in [-0.3, -0.25) is 4.79 Å². The van der Waals surface area contributed by atoms with Crippen molar-refractivity contribution in [3.8, 4) is 0 Å². The highest BCUT2D eigenvalue weighted by molar-refractivity contribution is 9.10. The summed E-state index contributed by atoms with van der Waals surface area (Å²) in [5.74, 6) is 1.51. The molecule has 0 heterocycles. The summed E-state index contributed by atoms with van der Waals surface area (Å²) in [6.07, 6.45) is 3.62. The number of nitrogens with one attached hydrogen (secondary N) is 1. The molecule has 0 aromatic rings. The zero-order chi connectivity index (χ0) is 11.6. The zero-order valence-corrected chi connectivity index (χ0v) is 11.7. The molecule has 1 rings (SSSR count). The van der Waals surface area contributed by atoms with Crippen molar-refractivity contribution < 1.29 is 4.79 Å². The highest BCUT2D eigenvalue weighted by Gasteiger charge is 2.34. The quantitative estimate of drug-likeness (QED) is 0.788. The molecule has 3 atom stereocenters. The number of rotatable bonds is 3. The molecule has 0 spiro atoms. The third-order valence-corrected chi connectivity index (χ3v) is 3.97. The van der Waals surface area contributed by atoms with Crippen molar-refractivity contribution in [3.05, 3.63) is 0 Å². The lowest BCUT2D eigenvalue weighted by atomic mass is 9.93. The van der Waals surface area contributed by atoms with Gasteiger partial charge in [-0.1, -0.05) is 36.2 Å². The standard InChI is InChI=1S/C12H22BrNO/c1-5-9-6-7-10(8(9)2)14-11(15)12(3,4)13/h8-10H,5-7H2,1-4H3,(H,14,15). The summed E-state index contributed by atoms with van der Waals surface area (Å²) in [5, 5.41) is 3.15. The van der Waals surface area contributed by atoms with Crippen LogP contribution in [0.1, 0.15) is 47.0 Å². The van der Waals surface area contributed by atoms with Crippen molar-refractivity contribution >= 4 is 21.8 Å². The minimum absolute atomic E-state index is 0.108. The number of hydrogen-bond acceptors (Lipinski definition) is 1. The predicted octanol–water partition coefficient (Wildman–Crippen LogP) is 3.10. The second-order valence-electron chi connectivity index (χ2n) is 5.16. The van der Waals surface area contributed by atoms with Gasteiger partial charge in [-0.2, -0.15) is 0 Å². The lowest BCUT2D eigenvalue weighted by Gasteiger charge is -2.24. The van der Waals surface area contributed by atoms with E-state index in [-0.39, 0.29) is 5.91 Å². The molecule has 0 aliphatic heterocycles. The summed E-state index contributed by atoms with van der Waals surface area (Å²) in [5.41, 5.74) is 0. The summed E-state index contributed by atoms with van der Waals surface area (Å²) in [4.78, 5) is 11.8. The third kappa shape index (κ3) is 3.20. The summed E-state index contributed by atoms with van der Waals surface area (Å²) in [6, 6.07) is 0.374. The van der Waals surface area contributed by atoms with Crippen LogP contribution in [0.25, 0.3) is 0 Å². The molecule has 1 aliphatic carbocycles. The summed E-state index contributed by atoms with van der Waals surface area (Å²) in [7, 11) is 0. The molecule has 0 aromatic heterocycles. The van der Waals surface area contributed by atoms with E-state index >= 15 is 0 Å². The maximum Gasteiger partial charge on any atom is 0.236 e. The maximum absolute atomic E-state index is 11.8. The van der Waals surface area contributed by atoms with Gasteiger partial charge in [0.1, 0.15) is 0 Å². The SMILES string of the molecule is CCC1CCC(NC(=O)C(C)(C)Br)C1C. The smallest absolute Gasteiger partial charge is 0.236 e. The fourth-order valence-corrected chi connectivity index (χ4v) is 2.48. The van der Waals surface area contributed by atoms with Crippen molar-refractivity contribution in [2.24, 2.45) is 11.8 Å². The van der Waals surface area contributed by atoms with Crippen molar-refractivity contribution in [3.63, 3.8) is 0 Å². The van der Waals surface area contributed by atoms with E-state index in [1.807, 2.05) is 13.8 Å². The molecule has 0 radical (unpaired) electrons. The Balaban J connectivity index is 2.51. The van der Waals surface area contributed by atoms with Gasteiger partial charge in [-0.05, 0) is 38.5 Å². The Kier molecular flexibility index (Phi) is 4.21. The van der Waals surface area contributed by atoms with Crippen LogP contribution in [0.2, 0.25) is 0 Å². The molecule has 0 bridgehead atoms. The molecule has 1 amide bonds. The molecule has 1 aliphatic rings. The fraction of sp³-hybridized carbons (Fsp3) is 0.917. The molecule has 0 saturated heterocycles. The van der Waals surface area contributed by atoms with Gasteiger partial charge >= 0.3 is 0 Å². The maximum atomic E-state index is 11.8. The Labute approximate surface area is 101 Å². The van der Waals surface area contributed by atoms with Gasteiger partial charge in [0.05, 0.1) is 4.32 Å². The number of carbonyl (C=O) groups excluding carboxylic acids is 1. The van der Waals surface area contributed by atoms with Gasteiger partial charge in [0, 0.05) is 6.04 Å². The second kappa shape index (κ2) is 4.86. The Morgan fingerprint density at radius 1 is 1.47 bits per heavy atom. The number of halogens is 1. The molecular formula is C12H22BrNO. The molecule has 0 aromatic carbocycles. The Morgan fingerprint density at radius 2 is 2.07 bits per heavy atom. The monoisotopic (exact) mass is 275 g/mol. The van der Waals surface area contributed by atoms with Crippen LogP contribution < -0.4 is 5.32 Å². The molecule has 2 nitrogen and oxygen atoms in total. The van der Waals surface area contributed by atoms with Gasteiger partial charge in [-0.15, -0.1) is 0 Å². The minimum Gasteiger partial charge on any atom is -0.352 e. The number of hydrogen-bond donors (Lipinski definition) is 1. The second-order valence-corrected chi connectivity index (χ2v) is 7.14. The number of alkyl halides is 1. The van der Waals surface area contributed by atoms with E-state index in [0.29, 0.717) is 12.0 Å². The van der Waals surface area contributed by atoms with E-state index in [1.54, 1.807) is 0 Å². The van der Waals surface area contributed by atoms with Crippen molar-refractivity contribution in [2.45, 2.75) is 57.3 Å². The first-order valence-electron chi connectivity index (χ1n) is 5.86. The van der Waals surface area contributed by atoms with Crippen LogP contribution >= 0.6 is 15.9 Å². The molecule has 1 N–H and O–H groups in total. The van der Waals surface area contributed by atoms with E-state index in [1.165, 1.54) is 12.8 Å². The van der Waals surface area contributed by atoms with Crippen LogP contribution in [0, 0.1) is 11.8 Å². The average Bonchev–Trinajstić information content (AvgIpc) is 2.46. The van der Waals surface area contributed by atoms with E-state index < -0.39 is 4.32 Å². The van der Waals surface area contributed by atoms with E-state index in [4.69, 9.17) is 0 Å². The van der Waals surface area contributed by atoms with Gasteiger partial charge < -0.3 is 5.32 Å². The number of amides is 1. The topological polar surface area (TPSA) is 29.1 Å². The minimum atomic E-state index is -0.447. The van der Waals surface area contributed by atoms with Gasteiger partial charge in [0.15, 0.2) is 0 Å². The largest absolute Gasteiger partial charge is 0.352 e. The van der Waals surface area contributed by atoms with Crippen molar-refractivity contribution in [1.29, 1.82) is 0 Å². The first-order valence-corrected chi connectivity index (χ1v) is 6.65. The van der Waals surface area contributed by atoms with Crippen LogP contribution in [-0.4, -0.2) is 16.3 Å². The Hall–Kier alpha value is -0.0500. The predicted molar refractivity (Wildman–Crippen MR) is 67.1 cm³/mol. The fourth-order valence-electron chi connectivity index (χ4n) is 2.37. The van der Waals surface area contributed by atoms with Gasteiger partial charge in [-0.25, -0.2) is 0 Å². The third-order valence-electron chi connectivity index (χ3n) is 3.61. The van der Waals surface area contributed by atoms with E-state index in [2.05, 4.69) is 35.1 Å². The van der Waals surface area contributed by atoms with Crippen LogP contribution in [0.4, 0.5) is 0 Å². The van der Waals surface area contributed by atoms with Crippen LogP contribution in [-0.2, 0) is 4.79 Å². The Bertz CT molecular complexity index is 234. The van der Waals surface area contributed by atoms with E-state index in [9.17, 15) is 4.79 Å². The molecule has 88 valence electrons. The summed E-state index contributed by atoms with van der Waals surface area (Å²) in [6.45, 7) is 8.27. The molecule has 3 unspecified atom stereocenters. The zero-order valence-electron chi connectivity index (χ0n) is 10.1. The van der Waals surface area contributed by atoms with Gasteiger partial charge in [0.2, 0.25) is 5.91 Å². The van der Waals surface area contributed by atoms with Gasteiger partial charge in [0.25, 0.3) is 0 Å². The highest BCUT2D eigenvalue weighted by atomic mass is 79.9. The van der Waals surface area contributed by atoms with E-state index in [0.717, 1.165) is 12.3 Å². The lowest BCUT2D eigenvalue weighted by Crippen LogP contribution is -2.45. The highest BCUT2D eigenvalue weighted by Crippen LogP contribution is 2.34. The summed E-state index contributed by atoms with van der Waals surface area (Å²) < 4.78 is -0.447. The Morgan fingerprint density at radius 3 is 2.47 bits per heavy atom.